The van der Waals surface area contributed by atoms with Crippen molar-refractivity contribution >= 4 is 11.4 Å². The lowest BCUT2D eigenvalue weighted by Crippen LogP contribution is -2.23. The number of carbonyl (C=O) groups excluding carboxylic acids is 1. The van der Waals surface area contributed by atoms with Gasteiger partial charge in [-0.05, 0) is 24.6 Å². The molecule has 0 aliphatic rings. The highest BCUT2D eigenvalue weighted by Gasteiger charge is 2.12. The lowest BCUT2D eigenvalue weighted by molar-refractivity contribution is 0.0945. The van der Waals surface area contributed by atoms with Crippen LogP contribution >= 0.6 is 0 Å². The third-order valence-electron chi connectivity index (χ3n) is 3.41. The van der Waals surface area contributed by atoms with E-state index >= 15 is 0 Å². The summed E-state index contributed by atoms with van der Waals surface area (Å²) >= 11 is 0. The molecule has 0 unspecified atom stereocenters. The van der Waals surface area contributed by atoms with Crippen LogP contribution in [0.25, 0.3) is 5.52 Å². The molecule has 2 N–H and O–H groups in total. The van der Waals surface area contributed by atoms with Gasteiger partial charge in [-0.15, -0.1) is 0 Å². The lowest BCUT2D eigenvalue weighted by atomic mass is 10.2. The molecule has 0 bridgehead atoms. The van der Waals surface area contributed by atoms with E-state index in [1.54, 1.807) is 20.2 Å². The Bertz CT molecular complexity index is 926. The zero-order chi connectivity index (χ0) is 16.4. The molecule has 1 aromatic carbocycles. The molecule has 7 heteroatoms. The number of nitrogens with zero attached hydrogens (tertiary/aromatic N) is 2. The average molecular weight is 312 g/mol. The van der Waals surface area contributed by atoms with Crippen molar-refractivity contribution in [1.82, 2.24) is 19.9 Å². The summed E-state index contributed by atoms with van der Waals surface area (Å²) < 4.78 is 6.56. The number of hydrogen-bond donors (Lipinski definition) is 2. The number of aromatic amines is 1. The summed E-state index contributed by atoms with van der Waals surface area (Å²) in [5.41, 5.74) is 1.85. The van der Waals surface area contributed by atoms with E-state index in [0.717, 1.165) is 11.3 Å². The Morgan fingerprint density at radius 1 is 1.39 bits per heavy atom. The van der Waals surface area contributed by atoms with Crippen LogP contribution < -0.4 is 15.6 Å². The fourth-order valence-corrected chi connectivity index (χ4v) is 2.29. The Morgan fingerprint density at radius 2 is 2.22 bits per heavy atom. The van der Waals surface area contributed by atoms with E-state index in [2.05, 4.69) is 15.4 Å². The minimum absolute atomic E-state index is 0.198. The molecule has 3 aromatic rings. The molecule has 1 amide bonds. The first kappa shape index (κ1) is 14.8. The minimum Gasteiger partial charge on any atom is -0.497 e. The summed E-state index contributed by atoms with van der Waals surface area (Å²) in [6.45, 7) is 2.10. The quantitative estimate of drug-likeness (QED) is 0.759. The fourth-order valence-electron chi connectivity index (χ4n) is 2.29. The summed E-state index contributed by atoms with van der Waals surface area (Å²) in [6, 6.07) is 8.90. The van der Waals surface area contributed by atoms with Crippen LogP contribution in [0, 0.1) is 6.92 Å². The molecule has 3 rings (SSSR count). The highest BCUT2D eigenvalue weighted by atomic mass is 16.5. The van der Waals surface area contributed by atoms with Gasteiger partial charge in [0.15, 0.2) is 5.69 Å². The maximum Gasteiger partial charge on any atom is 0.274 e. The SMILES string of the molecule is COc1cccc(CNC(=O)c2cc3c(=O)[nH]c(C)cn3n2)c1. The maximum absolute atomic E-state index is 12.2. The number of nitrogens with one attached hydrogen (secondary N) is 2. The van der Waals surface area contributed by atoms with E-state index in [0.29, 0.717) is 17.8 Å². The van der Waals surface area contributed by atoms with Crippen LogP contribution in [0.15, 0.2) is 41.3 Å². The molecule has 0 spiro atoms. The van der Waals surface area contributed by atoms with E-state index in [9.17, 15) is 9.59 Å². The first-order chi connectivity index (χ1) is 11.1. The van der Waals surface area contributed by atoms with Gasteiger partial charge >= 0.3 is 0 Å². The first-order valence-electron chi connectivity index (χ1n) is 7.07. The normalized spacial score (nSPS) is 10.7. The van der Waals surface area contributed by atoms with E-state index < -0.39 is 0 Å². The minimum atomic E-state index is -0.339. The Labute approximate surface area is 131 Å². The predicted molar refractivity (Wildman–Crippen MR) is 84.7 cm³/mol. The predicted octanol–water partition coefficient (Wildman–Crippen LogP) is 1.27. The van der Waals surface area contributed by atoms with Gasteiger partial charge < -0.3 is 15.0 Å². The molecule has 0 saturated heterocycles. The number of benzene rings is 1. The molecule has 0 radical (unpaired) electrons. The van der Waals surface area contributed by atoms with Crippen molar-refractivity contribution in [2.75, 3.05) is 7.11 Å². The lowest BCUT2D eigenvalue weighted by Gasteiger charge is -2.05. The molecule has 0 aliphatic carbocycles. The number of ether oxygens (including phenoxy) is 1. The van der Waals surface area contributed by atoms with Crippen LogP contribution in [0.2, 0.25) is 0 Å². The van der Waals surface area contributed by atoms with Crippen molar-refractivity contribution in [2.45, 2.75) is 13.5 Å². The Morgan fingerprint density at radius 3 is 3.00 bits per heavy atom. The van der Waals surface area contributed by atoms with Gasteiger partial charge in [0.05, 0.1) is 7.11 Å². The number of rotatable bonds is 4. The summed E-state index contributed by atoms with van der Waals surface area (Å²) in [7, 11) is 1.59. The van der Waals surface area contributed by atoms with E-state index in [4.69, 9.17) is 4.74 Å². The van der Waals surface area contributed by atoms with Crippen molar-refractivity contribution in [3.05, 3.63) is 63.8 Å². The zero-order valence-corrected chi connectivity index (χ0v) is 12.8. The number of methoxy groups -OCH3 is 1. The molecule has 2 heterocycles. The van der Waals surface area contributed by atoms with Crippen LogP contribution in [0.1, 0.15) is 21.7 Å². The maximum atomic E-state index is 12.2. The number of aryl methyl sites for hydroxylation is 1. The monoisotopic (exact) mass is 312 g/mol. The molecular formula is C16H16N4O3. The van der Waals surface area contributed by atoms with E-state index in [1.165, 1.54) is 10.6 Å². The van der Waals surface area contributed by atoms with Crippen LogP contribution in [-0.4, -0.2) is 27.6 Å². The summed E-state index contributed by atoms with van der Waals surface area (Å²) in [5.74, 6) is 0.389. The molecule has 0 fully saturated rings. The summed E-state index contributed by atoms with van der Waals surface area (Å²) in [5, 5.41) is 6.92. The highest BCUT2D eigenvalue weighted by molar-refractivity contribution is 5.93. The molecule has 0 saturated carbocycles. The second-order valence-electron chi connectivity index (χ2n) is 5.16. The number of H-pyrrole nitrogens is 1. The molecule has 118 valence electrons. The van der Waals surface area contributed by atoms with Gasteiger partial charge in [-0.1, -0.05) is 12.1 Å². The number of fused-ring (bicyclic) bond motifs is 1. The topological polar surface area (TPSA) is 88.5 Å². The third kappa shape index (κ3) is 3.08. The molecular weight excluding hydrogens is 296 g/mol. The van der Waals surface area contributed by atoms with Crippen LogP contribution in [0.5, 0.6) is 5.75 Å². The Hall–Kier alpha value is -3.09. The summed E-state index contributed by atoms with van der Waals surface area (Å²) in [4.78, 5) is 26.7. The van der Waals surface area contributed by atoms with Gasteiger partial charge in [0.2, 0.25) is 0 Å². The van der Waals surface area contributed by atoms with Gasteiger partial charge in [0.25, 0.3) is 11.5 Å². The Balaban J connectivity index is 1.78. The van der Waals surface area contributed by atoms with Crippen LogP contribution in [0.4, 0.5) is 0 Å². The number of hydrogen-bond acceptors (Lipinski definition) is 4. The first-order valence-corrected chi connectivity index (χ1v) is 7.07. The van der Waals surface area contributed by atoms with Gasteiger partial charge in [-0.2, -0.15) is 5.10 Å². The zero-order valence-electron chi connectivity index (χ0n) is 12.8. The number of carbonyl (C=O) groups is 1. The molecule has 0 atom stereocenters. The van der Waals surface area contributed by atoms with Crippen LogP contribution in [0.3, 0.4) is 0 Å². The van der Waals surface area contributed by atoms with Crippen molar-refractivity contribution in [3.63, 3.8) is 0 Å². The third-order valence-corrected chi connectivity index (χ3v) is 3.41. The average Bonchev–Trinajstić information content (AvgIpc) is 2.97. The Kier molecular flexibility index (Phi) is 3.84. The van der Waals surface area contributed by atoms with Crippen molar-refractivity contribution < 1.29 is 9.53 Å². The van der Waals surface area contributed by atoms with Gasteiger partial charge in [-0.3, -0.25) is 9.59 Å². The molecule has 2 aromatic heterocycles. The highest BCUT2D eigenvalue weighted by Crippen LogP contribution is 2.12. The number of amides is 1. The molecule has 0 aliphatic heterocycles. The van der Waals surface area contributed by atoms with Crippen molar-refractivity contribution in [2.24, 2.45) is 0 Å². The second-order valence-corrected chi connectivity index (χ2v) is 5.16. The van der Waals surface area contributed by atoms with Gasteiger partial charge in [0.1, 0.15) is 11.3 Å². The fraction of sp³-hybridized carbons (Fsp3) is 0.188. The standard InChI is InChI=1S/C16H16N4O3/c1-10-9-20-14(16(22)18-10)7-13(19-20)15(21)17-8-11-4-3-5-12(6-11)23-2/h3-7,9H,8H2,1-2H3,(H,17,21)(H,18,22). The van der Waals surface area contributed by atoms with Crippen LogP contribution in [-0.2, 0) is 6.54 Å². The molecule has 7 nitrogen and oxygen atoms in total. The number of aromatic nitrogens is 3. The van der Waals surface area contributed by atoms with E-state index in [1.807, 2.05) is 24.3 Å². The largest absolute Gasteiger partial charge is 0.497 e. The summed E-state index contributed by atoms with van der Waals surface area (Å²) in [6.07, 6.45) is 1.66. The van der Waals surface area contributed by atoms with E-state index in [-0.39, 0.29) is 17.2 Å². The van der Waals surface area contributed by atoms with Gasteiger partial charge in [0, 0.05) is 24.5 Å². The van der Waals surface area contributed by atoms with Crippen molar-refractivity contribution in [3.8, 4) is 5.75 Å². The second kappa shape index (κ2) is 5.96. The molecule has 23 heavy (non-hydrogen) atoms. The van der Waals surface area contributed by atoms with Gasteiger partial charge in [-0.25, -0.2) is 4.52 Å². The smallest absolute Gasteiger partial charge is 0.274 e. The van der Waals surface area contributed by atoms with Crippen molar-refractivity contribution in [1.29, 1.82) is 0 Å².